The summed E-state index contributed by atoms with van der Waals surface area (Å²) in [6.07, 6.45) is 1.69. The number of aliphatic carboxylic acids is 1. The van der Waals surface area contributed by atoms with Crippen molar-refractivity contribution in [2.45, 2.75) is 19.8 Å². The third-order valence-electron chi connectivity index (χ3n) is 3.53. The van der Waals surface area contributed by atoms with E-state index < -0.39 is 17.8 Å². The summed E-state index contributed by atoms with van der Waals surface area (Å²) in [7, 11) is 0. The Morgan fingerprint density at radius 2 is 1.86 bits per heavy atom. The lowest BCUT2D eigenvalue weighted by Crippen LogP contribution is -2.38. The largest absolute Gasteiger partial charge is 0.481 e. The molecule has 21 heavy (non-hydrogen) atoms. The molecule has 0 bridgehead atoms. The smallest absolute Gasteiger partial charge is 0.308 e. The number of benzene rings is 1. The van der Waals surface area contributed by atoms with Crippen LogP contribution in [0, 0.1) is 11.8 Å². The molecule has 0 radical (unpaired) electrons. The summed E-state index contributed by atoms with van der Waals surface area (Å²) in [5, 5.41) is 9.03. The lowest BCUT2D eigenvalue weighted by Gasteiger charge is -2.25. The first-order valence-electron chi connectivity index (χ1n) is 6.84. The molecule has 1 atom stereocenters. The summed E-state index contributed by atoms with van der Waals surface area (Å²) in [6.45, 7) is 1.67. The van der Waals surface area contributed by atoms with Crippen LogP contribution in [-0.2, 0) is 9.59 Å². The minimum Gasteiger partial charge on any atom is -0.481 e. The standard InChI is InChI=1S/C15H18N2O4/c1-9(15(20)21)8-17(14(19)11-2-3-11)12-6-4-10(5-7-12)13(16)18/h4-7,9,11H,2-3,8H2,1H3,(H2,16,18)(H,20,21). The molecule has 2 rings (SSSR count). The molecule has 1 unspecified atom stereocenters. The Morgan fingerprint density at radius 1 is 1.29 bits per heavy atom. The van der Waals surface area contributed by atoms with Crippen molar-refractivity contribution in [3.8, 4) is 0 Å². The normalized spacial score (nSPS) is 15.3. The van der Waals surface area contributed by atoms with E-state index in [4.69, 9.17) is 10.8 Å². The number of carboxylic acids is 1. The minimum atomic E-state index is -0.947. The van der Waals surface area contributed by atoms with Crippen LogP contribution in [0.15, 0.2) is 24.3 Å². The van der Waals surface area contributed by atoms with Gasteiger partial charge in [-0.1, -0.05) is 6.92 Å². The Morgan fingerprint density at radius 3 is 2.29 bits per heavy atom. The molecule has 1 saturated carbocycles. The van der Waals surface area contributed by atoms with E-state index in [1.165, 1.54) is 17.0 Å². The van der Waals surface area contributed by atoms with E-state index in [1.54, 1.807) is 19.1 Å². The van der Waals surface area contributed by atoms with Gasteiger partial charge in [-0.25, -0.2) is 0 Å². The first kappa shape index (κ1) is 15.0. The van der Waals surface area contributed by atoms with Crippen molar-refractivity contribution in [2.24, 2.45) is 17.6 Å². The fraction of sp³-hybridized carbons (Fsp3) is 0.400. The number of carbonyl (C=O) groups excluding carboxylic acids is 2. The second-order valence-electron chi connectivity index (χ2n) is 5.37. The zero-order valence-corrected chi connectivity index (χ0v) is 11.8. The van der Waals surface area contributed by atoms with Crippen molar-refractivity contribution in [3.63, 3.8) is 0 Å². The zero-order valence-electron chi connectivity index (χ0n) is 11.8. The van der Waals surface area contributed by atoms with E-state index in [0.717, 1.165) is 12.8 Å². The van der Waals surface area contributed by atoms with Crippen LogP contribution < -0.4 is 10.6 Å². The molecule has 112 valence electrons. The number of hydrogen-bond acceptors (Lipinski definition) is 3. The van der Waals surface area contributed by atoms with E-state index in [2.05, 4.69) is 0 Å². The number of carboxylic acid groups (broad SMARTS) is 1. The van der Waals surface area contributed by atoms with Gasteiger partial charge in [0, 0.05) is 23.7 Å². The van der Waals surface area contributed by atoms with E-state index in [1.807, 2.05) is 0 Å². The Balaban J connectivity index is 2.23. The van der Waals surface area contributed by atoms with Crippen LogP contribution >= 0.6 is 0 Å². The van der Waals surface area contributed by atoms with Crippen LogP contribution in [0.1, 0.15) is 30.1 Å². The highest BCUT2D eigenvalue weighted by molar-refractivity contribution is 5.98. The van der Waals surface area contributed by atoms with Crippen molar-refractivity contribution in [1.82, 2.24) is 0 Å². The summed E-state index contributed by atoms with van der Waals surface area (Å²) in [6, 6.07) is 6.32. The van der Waals surface area contributed by atoms with Crippen LogP contribution in [0.3, 0.4) is 0 Å². The number of anilines is 1. The molecule has 1 aliphatic rings. The average Bonchev–Trinajstić information content (AvgIpc) is 3.28. The van der Waals surface area contributed by atoms with Crippen molar-refractivity contribution in [3.05, 3.63) is 29.8 Å². The molecular weight excluding hydrogens is 272 g/mol. The molecular formula is C15H18N2O4. The van der Waals surface area contributed by atoms with Crippen LogP contribution in [0.5, 0.6) is 0 Å². The third kappa shape index (κ3) is 3.59. The fourth-order valence-electron chi connectivity index (χ4n) is 2.03. The first-order valence-corrected chi connectivity index (χ1v) is 6.84. The maximum absolute atomic E-state index is 12.3. The topological polar surface area (TPSA) is 101 Å². The van der Waals surface area contributed by atoms with Gasteiger partial charge in [0.05, 0.1) is 5.92 Å². The lowest BCUT2D eigenvalue weighted by atomic mass is 10.1. The number of amides is 2. The van der Waals surface area contributed by atoms with E-state index in [-0.39, 0.29) is 18.4 Å². The van der Waals surface area contributed by atoms with Gasteiger partial charge in [-0.05, 0) is 37.1 Å². The molecule has 1 fully saturated rings. The summed E-state index contributed by atoms with van der Waals surface area (Å²) >= 11 is 0. The van der Waals surface area contributed by atoms with E-state index in [0.29, 0.717) is 11.3 Å². The third-order valence-corrected chi connectivity index (χ3v) is 3.53. The first-order chi connectivity index (χ1) is 9.90. The number of hydrogen-bond donors (Lipinski definition) is 2. The van der Waals surface area contributed by atoms with Crippen LogP contribution in [0.2, 0.25) is 0 Å². The molecule has 6 nitrogen and oxygen atoms in total. The van der Waals surface area contributed by atoms with Gasteiger partial charge in [-0.2, -0.15) is 0 Å². The molecule has 3 N–H and O–H groups in total. The second-order valence-corrected chi connectivity index (χ2v) is 5.37. The number of carbonyl (C=O) groups is 3. The van der Waals surface area contributed by atoms with Gasteiger partial charge in [0.2, 0.25) is 11.8 Å². The van der Waals surface area contributed by atoms with Crippen LogP contribution in [0.25, 0.3) is 0 Å². The van der Waals surface area contributed by atoms with E-state index in [9.17, 15) is 14.4 Å². The number of primary amides is 1. The highest BCUT2D eigenvalue weighted by Crippen LogP contribution is 2.33. The summed E-state index contributed by atoms with van der Waals surface area (Å²) < 4.78 is 0. The van der Waals surface area contributed by atoms with Crippen LogP contribution in [0.4, 0.5) is 5.69 Å². The van der Waals surface area contributed by atoms with Crippen molar-refractivity contribution in [1.29, 1.82) is 0 Å². The van der Waals surface area contributed by atoms with Gasteiger partial charge < -0.3 is 15.7 Å². The minimum absolute atomic E-state index is 0.0122. The molecule has 0 heterocycles. The quantitative estimate of drug-likeness (QED) is 0.823. The lowest BCUT2D eigenvalue weighted by molar-refractivity contribution is -0.140. The SMILES string of the molecule is CC(CN(C(=O)C1CC1)c1ccc(C(N)=O)cc1)C(=O)O. The second kappa shape index (κ2) is 5.95. The van der Waals surface area contributed by atoms with Gasteiger partial charge in [-0.3, -0.25) is 14.4 Å². The Hall–Kier alpha value is -2.37. The molecule has 0 spiro atoms. The predicted molar refractivity (Wildman–Crippen MR) is 76.8 cm³/mol. The predicted octanol–water partition coefficient (Wildman–Crippen LogP) is 1.25. The molecule has 2 amide bonds. The summed E-state index contributed by atoms with van der Waals surface area (Å²) in [4.78, 5) is 35.9. The maximum Gasteiger partial charge on any atom is 0.308 e. The Kier molecular flexibility index (Phi) is 4.26. The average molecular weight is 290 g/mol. The molecule has 0 saturated heterocycles. The monoisotopic (exact) mass is 290 g/mol. The molecule has 0 aromatic heterocycles. The zero-order chi connectivity index (χ0) is 15.6. The highest BCUT2D eigenvalue weighted by Gasteiger charge is 2.35. The summed E-state index contributed by atoms with van der Waals surface area (Å²) in [5.41, 5.74) is 6.12. The Labute approximate surface area is 122 Å². The molecule has 1 aromatic rings. The highest BCUT2D eigenvalue weighted by atomic mass is 16.4. The van der Waals surface area contributed by atoms with Crippen LogP contribution in [-0.4, -0.2) is 29.4 Å². The van der Waals surface area contributed by atoms with Gasteiger partial charge in [0.15, 0.2) is 0 Å². The van der Waals surface area contributed by atoms with Gasteiger partial charge in [-0.15, -0.1) is 0 Å². The molecule has 6 heteroatoms. The fourth-order valence-corrected chi connectivity index (χ4v) is 2.03. The molecule has 1 aliphatic carbocycles. The maximum atomic E-state index is 12.3. The van der Waals surface area contributed by atoms with Gasteiger partial charge in [0.25, 0.3) is 0 Å². The van der Waals surface area contributed by atoms with E-state index >= 15 is 0 Å². The van der Waals surface area contributed by atoms with Gasteiger partial charge >= 0.3 is 5.97 Å². The Bertz CT molecular complexity index is 564. The molecule has 1 aromatic carbocycles. The number of nitrogens with zero attached hydrogens (tertiary/aromatic N) is 1. The number of nitrogens with two attached hydrogens (primary N) is 1. The van der Waals surface area contributed by atoms with Gasteiger partial charge in [0.1, 0.15) is 0 Å². The van der Waals surface area contributed by atoms with Crippen molar-refractivity contribution < 1.29 is 19.5 Å². The number of rotatable bonds is 6. The molecule has 0 aliphatic heterocycles. The van der Waals surface area contributed by atoms with Crippen molar-refractivity contribution >= 4 is 23.5 Å². The van der Waals surface area contributed by atoms with Crippen molar-refractivity contribution in [2.75, 3.05) is 11.4 Å². The summed E-state index contributed by atoms with van der Waals surface area (Å²) in [5.74, 6) is -2.22.